The van der Waals surface area contributed by atoms with Crippen LogP contribution in [0.25, 0.3) is 11.1 Å². The predicted molar refractivity (Wildman–Crippen MR) is 78.7 cm³/mol. The number of rotatable bonds is 5. The summed E-state index contributed by atoms with van der Waals surface area (Å²) >= 11 is 0. The van der Waals surface area contributed by atoms with Crippen molar-refractivity contribution in [1.29, 1.82) is 0 Å². The molecule has 0 aliphatic rings. The Bertz CT molecular complexity index is 611. The fourth-order valence-corrected chi connectivity index (χ4v) is 2.13. The van der Waals surface area contributed by atoms with Gasteiger partial charge in [-0.05, 0) is 48.2 Å². The smallest absolute Gasteiger partial charge is 0.335 e. The van der Waals surface area contributed by atoms with Crippen LogP contribution in [0.4, 0.5) is 0 Å². The molecule has 4 heteroatoms. The van der Waals surface area contributed by atoms with Crippen molar-refractivity contribution in [2.24, 2.45) is 5.73 Å². The maximum absolute atomic E-state index is 11.0. The second-order valence-electron chi connectivity index (χ2n) is 4.87. The lowest BCUT2D eigenvalue weighted by molar-refractivity contribution is 0.0697. The van der Waals surface area contributed by atoms with Crippen molar-refractivity contribution >= 4 is 5.97 Å². The lowest BCUT2D eigenvalue weighted by Gasteiger charge is -2.11. The van der Waals surface area contributed by atoms with Crippen LogP contribution in [-0.4, -0.2) is 22.6 Å². The van der Waals surface area contributed by atoms with Gasteiger partial charge in [0.2, 0.25) is 0 Å². The molecule has 1 unspecified atom stereocenters. The molecule has 1 aromatic heterocycles. The largest absolute Gasteiger partial charge is 0.478 e. The summed E-state index contributed by atoms with van der Waals surface area (Å²) in [6.45, 7) is 2.75. The first-order chi connectivity index (χ1) is 9.61. The van der Waals surface area contributed by atoms with Crippen LogP contribution in [0.5, 0.6) is 0 Å². The van der Waals surface area contributed by atoms with E-state index >= 15 is 0 Å². The topological polar surface area (TPSA) is 76.2 Å². The van der Waals surface area contributed by atoms with E-state index in [4.69, 9.17) is 10.8 Å². The van der Waals surface area contributed by atoms with E-state index < -0.39 is 5.97 Å². The van der Waals surface area contributed by atoms with Gasteiger partial charge < -0.3 is 10.8 Å². The zero-order chi connectivity index (χ0) is 14.5. The summed E-state index contributed by atoms with van der Waals surface area (Å²) < 4.78 is 0. The normalized spacial score (nSPS) is 12.1. The van der Waals surface area contributed by atoms with E-state index in [2.05, 4.69) is 11.9 Å². The first-order valence-corrected chi connectivity index (χ1v) is 6.60. The van der Waals surface area contributed by atoms with Gasteiger partial charge in [-0.2, -0.15) is 0 Å². The maximum atomic E-state index is 11.0. The zero-order valence-corrected chi connectivity index (χ0v) is 11.4. The average molecular weight is 270 g/mol. The molecule has 2 aromatic rings. The molecule has 0 saturated carbocycles. The quantitative estimate of drug-likeness (QED) is 0.875. The van der Waals surface area contributed by atoms with E-state index in [0.29, 0.717) is 12.5 Å². The van der Waals surface area contributed by atoms with Crippen LogP contribution in [0.15, 0.2) is 42.7 Å². The summed E-state index contributed by atoms with van der Waals surface area (Å²) in [6.07, 6.45) is 4.49. The van der Waals surface area contributed by atoms with E-state index in [9.17, 15) is 4.79 Å². The number of hydrogen-bond donors (Lipinski definition) is 2. The van der Waals surface area contributed by atoms with Crippen molar-refractivity contribution in [3.8, 4) is 11.1 Å². The minimum Gasteiger partial charge on any atom is -0.478 e. The summed E-state index contributed by atoms with van der Waals surface area (Å²) in [5, 5.41) is 9.04. The molecule has 3 N–H and O–H groups in total. The maximum Gasteiger partial charge on any atom is 0.335 e. The molecule has 0 bridgehead atoms. The summed E-state index contributed by atoms with van der Waals surface area (Å²) in [6, 6.07) is 8.93. The van der Waals surface area contributed by atoms with E-state index in [1.165, 1.54) is 0 Å². The Kier molecular flexibility index (Phi) is 4.48. The number of nitrogens with zero attached hydrogens (tertiary/aromatic N) is 1. The Morgan fingerprint density at radius 3 is 2.80 bits per heavy atom. The molecule has 0 radical (unpaired) electrons. The van der Waals surface area contributed by atoms with Crippen LogP contribution in [0.2, 0.25) is 0 Å². The molecule has 104 valence electrons. The SMILES string of the molecule is CC(CCN)c1cncc(-c2cccc(C(=O)O)c2)c1. The molecule has 4 nitrogen and oxygen atoms in total. The number of nitrogens with two attached hydrogens (primary N) is 1. The van der Waals surface area contributed by atoms with Crippen molar-refractivity contribution in [3.63, 3.8) is 0 Å². The van der Waals surface area contributed by atoms with Gasteiger partial charge in [0.25, 0.3) is 0 Å². The van der Waals surface area contributed by atoms with Gasteiger partial charge in [0, 0.05) is 18.0 Å². The number of carboxylic acids is 1. The second kappa shape index (κ2) is 6.30. The molecule has 0 aliphatic heterocycles. The van der Waals surface area contributed by atoms with Crippen LogP contribution >= 0.6 is 0 Å². The molecule has 0 aliphatic carbocycles. The van der Waals surface area contributed by atoms with Crippen LogP contribution in [-0.2, 0) is 0 Å². The van der Waals surface area contributed by atoms with Crippen LogP contribution in [0.3, 0.4) is 0 Å². The lowest BCUT2D eigenvalue weighted by Crippen LogP contribution is -2.05. The molecule has 0 fully saturated rings. The molecule has 20 heavy (non-hydrogen) atoms. The van der Waals surface area contributed by atoms with Gasteiger partial charge in [-0.15, -0.1) is 0 Å². The van der Waals surface area contributed by atoms with E-state index in [1.807, 2.05) is 18.3 Å². The molecule has 0 spiro atoms. The number of pyridine rings is 1. The van der Waals surface area contributed by atoms with Crippen molar-refractivity contribution in [3.05, 3.63) is 53.9 Å². The molecular weight excluding hydrogens is 252 g/mol. The number of benzene rings is 1. The third kappa shape index (κ3) is 3.22. The number of carboxylic acid groups (broad SMARTS) is 1. The number of aromatic nitrogens is 1. The Hall–Kier alpha value is -2.20. The first-order valence-electron chi connectivity index (χ1n) is 6.60. The van der Waals surface area contributed by atoms with Gasteiger partial charge in [-0.1, -0.05) is 19.1 Å². The van der Waals surface area contributed by atoms with Crippen LogP contribution in [0.1, 0.15) is 35.2 Å². The number of aromatic carboxylic acids is 1. The Morgan fingerprint density at radius 1 is 1.30 bits per heavy atom. The predicted octanol–water partition coefficient (Wildman–Crippen LogP) is 2.90. The molecule has 0 saturated heterocycles. The van der Waals surface area contributed by atoms with Gasteiger partial charge >= 0.3 is 5.97 Å². The molecular formula is C16H18N2O2. The van der Waals surface area contributed by atoms with Crippen LogP contribution in [0, 0.1) is 0 Å². The summed E-state index contributed by atoms with van der Waals surface area (Å²) in [5.74, 6) is -0.581. The third-order valence-corrected chi connectivity index (χ3v) is 3.37. The summed E-state index contributed by atoms with van der Waals surface area (Å²) in [5.41, 5.74) is 8.77. The van der Waals surface area contributed by atoms with Crippen molar-refractivity contribution < 1.29 is 9.90 Å². The fraction of sp³-hybridized carbons (Fsp3) is 0.250. The highest BCUT2D eigenvalue weighted by Crippen LogP contribution is 2.25. The Labute approximate surface area is 118 Å². The van der Waals surface area contributed by atoms with Gasteiger partial charge in [0.05, 0.1) is 5.56 Å². The highest BCUT2D eigenvalue weighted by molar-refractivity contribution is 5.89. The van der Waals surface area contributed by atoms with Gasteiger partial charge in [-0.3, -0.25) is 4.98 Å². The summed E-state index contributed by atoms with van der Waals surface area (Å²) in [4.78, 5) is 15.3. The van der Waals surface area contributed by atoms with Gasteiger partial charge in [-0.25, -0.2) is 4.79 Å². The van der Waals surface area contributed by atoms with Crippen molar-refractivity contribution in [2.75, 3.05) is 6.54 Å². The molecule has 2 rings (SSSR count). The van der Waals surface area contributed by atoms with Crippen molar-refractivity contribution in [1.82, 2.24) is 4.98 Å². The molecule has 1 aromatic carbocycles. The standard InChI is InChI=1S/C16H18N2O2/c1-11(5-6-17)14-8-15(10-18-9-14)12-3-2-4-13(7-12)16(19)20/h2-4,7-11H,5-6,17H2,1H3,(H,19,20). The minimum absolute atomic E-state index is 0.280. The summed E-state index contributed by atoms with van der Waals surface area (Å²) in [7, 11) is 0. The number of hydrogen-bond acceptors (Lipinski definition) is 3. The van der Waals surface area contributed by atoms with Crippen molar-refractivity contribution in [2.45, 2.75) is 19.3 Å². The second-order valence-corrected chi connectivity index (χ2v) is 4.87. The van der Waals surface area contributed by atoms with Gasteiger partial charge in [0.1, 0.15) is 0 Å². The number of carbonyl (C=O) groups is 1. The van der Waals surface area contributed by atoms with E-state index in [-0.39, 0.29) is 5.56 Å². The highest BCUT2D eigenvalue weighted by Gasteiger charge is 2.08. The fourth-order valence-electron chi connectivity index (χ4n) is 2.13. The molecule has 1 heterocycles. The van der Waals surface area contributed by atoms with E-state index in [0.717, 1.165) is 23.1 Å². The first kappa shape index (κ1) is 14.2. The molecule has 1 atom stereocenters. The monoisotopic (exact) mass is 270 g/mol. The third-order valence-electron chi connectivity index (χ3n) is 3.37. The van der Waals surface area contributed by atoms with Gasteiger partial charge in [0.15, 0.2) is 0 Å². The average Bonchev–Trinajstić information content (AvgIpc) is 2.48. The van der Waals surface area contributed by atoms with E-state index in [1.54, 1.807) is 24.4 Å². The molecule has 0 amide bonds. The Morgan fingerprint density at radius 2 is 2.10 bits per heavy atom. The minimum atomic E-state index is -0.924. The highest BCUT2D eigenvalue weighted by atomic mass is 16.4. The lowest BCUT2D eigenvalue weighted by atomic mass is 9.96. The van der Waals surface area contributed by atoms with Crippen LogP contribution < -0.4 is 5.73 Å². The zero-order valence-electron chi connectivity index (χ0n) is 11.4. The Balaban J connectivity index is 2.35.